The number of imidazole rings is 1. The first-order valence-corrected chi connectivity index (χ1v) is 10.0. The first-order chi connectivity index (χ1) is 16.4. The molecule has 11 heteroatoms. The number of hydrogen-bond donors (Lipinski definition) is 3. The molecule has 0 aliphatic heterocycles. The van der Waals surface area contributed by atoms with Gasteiger partial charge in [-0.1, -0.05) is 0 Å². The number of carbonyl (C=O) groups excluding carboxylic acids is 1. The summed E-state index contributed by atoms with van der Waals surface area (Å²) in [6.45, 7) is 0. The molecule has 0 bridgehead atoms. The minimum atomic E-state index is -0.651. The standard InChI is InChI=1S/C23H16N6O5/c1-34-15-6-2-12(3-7-15)21-24-18-8-4-13(10-19(18)25-21)22(30)28-27-20-16-11-14(29(32)33)5-9-17(16)26-23(20)31/h2-11,26,31H,1H3,(H,24,25). The minimum absolute atomic E-state index is 0.0588. The van der Waals surface area contributed by atoms with Crippen LogP contribution in [0.5, 0.6) is 11.6 Å². The molecule has 2 heterocycles. The Bertz CT molecular complexity index is 1600. The summed E-state index contributed by atoms with van der Waals surface area (Å²) < 4.78 is 5.17. The van der Waals surface area contributed by atoms with Crippen LogP contribution >= 0.6 is 0 Å². The molecule has 0 saturated carbocycles. The number of non-ortho nitro benzene ring substituents is 1. The molecule has 2 aromatic heterocycles. The Morgan fingerprint density at radius 2 is 1.85 bits per heavy atom. The number of benzene rings is 3. The highest BCUT2D eigenvalue weighted by atomic mass is 16.6. The van der Waals surface area contributed by atoms with E-state index in [0.29, 0.717) is 22.4 Å². The van der Waals surface area contributed by atoms with Crippen LogP contribution in [0, 0.1) is 10.1 Å². The normalized spacial score (nSPS) is 11.4. The molecular formula is C23H16N6O5. The van der Waals surface area contributed by atoms with E-state index >= 15 is 0 Å². The number of nitro groups is 1. The molecule has 34 heavy (non-hydrogen) atoms. The van der Waals surface area contributed by atoms with Gasteiger partial charge in [0.2, 0.25) is 5.88 Å². The van der Waals surface area contributed by atoms with Crippen molar-refractivity contribution in [2.45, 2.75) is 0 Å². The summed E-state index contributed by atoms with van der Waals surface area (Å²) in [6, 6.07) is 16.3. The first-order valence-electron chi connectivity index (χ1n) is 10.0. The van der Waals surface area contributed by atoms with E-state index in [1.165, 1.54) is 18.2 Å². The number of rotatable bonds is 5. The number of aromatic hydroxyl groups is 1. The lowest BCUT2D eigenvalue weighted by Crippen LogP contribution is -1.93. The molecule has 168 valence electrons. The first kappa shape index (κ1) is 20.8. The second-order valence-electron chi connectivity index (χ2n) is 7.36. The number of ether oxygens (including phenoxy) is 1. The van der Waals surface area contributed by atoms with Crippen LogP contribution in [-0.4, -0.2) is 38.0 Å². The lowest BCUT2D eigenvalue weighted by Gasteiger charge is -2.00. The number of H-pyrrole nitrogens is 2. The highest BCUT2D eigenvalue weighted by Crippen LogP contribution is 2.37. The molecule has 0 unspecified atom stereocenters. The van der Waals surface area contributed by atoms with Crippen LogP contribution in [0.25, 0.3) is 33.3 Å². The number of nitrogens with zero attached hydrogens (tertiary/aromatic N) is 4. The van der Waals surface area contributed by atoms with E-state index in [1.807, 2.05) is 24.3 Å². The summed E-state index contributed by atoms with van der Waals surface area (Å²) in [6.07, 6.45) is 0. The molecule has 0 atom stereocenters. The van der Waals surface area contributed by atoms with E-state index in [4.69, 9.17) is 4.74 Å². The minimum Gasteiger partial charge on any atom is -0.497 e. The molecule has 3 aromatic carbocycles. The molecule has 0 aliphatic rings. The van der Waals surface area contributed by atoms with Gasteiger partial charge < -0.3 is 19.8 Å². The maximum Gasteiger partial charge on any atom is 0.295 e. The third-order valence-corrected chi connectivity index (χ3v) is 5.28. The van der Waals surface area contributed by atoms with E-state index in [9.17, 15) is 20.0 Å². The van der Waals surface area contributed by atoms with Crippen LogP contribution in [0.2, 0.25) is 0 Å². The Morgan fingerprint density at radius 3 is 2.59 bits per heavy atom. The third-order valence-electron chi connectivity index (χ3n) is 5.28. The van der Waals surface area contributed by atoms with Crippen molar-refractivity contribution < 1.29 is 19.6 Å². The zero-order valence-corrected chi connectivity index (χ0v) is 17.6. The molecule has 0 spiro atoms. The average Bonchev–Trinajstić information content (AvgIpc) is 3.41. The van der Waals surface area contributed by atoms with Crippen molar-refractivity contribution in [3.63, 3.8) is 0 Å². The number of nitrogens with one attached hydrogen (secondary N) is 2. The summed E-state index contributed by atoms with van der Waals surface area (Å²) in [7, 11) is 1.59. The van der Waals surface area contributed by atoms with Gasteiger partial charge in [0.1, 0.15) is 11.6 Å². The SMILES string of the molecule is COc1ccc(-c2nc3ccc(C(=O)N=Nc4c(O)[nH]c5ccc([N+](=O)[O-])cc45)cc3[nH]2)cc1. The summed E-state index contributed by atoms with van der Waals surface area (Å²) in [5.41, 5.74) is 2.61. The van der Waals surface area contributed by atoms with Crippen LogP contribution in [0.1, 0.15) is 10.4 Å². The van der Waals surface area contributed by atoms with Gasteiger partial charge in [-0.15, -0.1) is 10.2 Å². The van der Waals surface area contributed by atoms with Gasteiger partial charge >= 0.3 is 0 Å². The third kappa shape index (κ3) is 3.71. The zero-order valence-electron chi connectivity index (χ0n) is 17.6. The van der Waals surface area contributed by atoms with Crippen molar-refractivity contribution in [2.75, 3.05) is 7.11 Å². The molecule has 0 fully saturated rings. The second kappa shape index (κ2) is 8.13. The maximum absolute atomic E-state index is 12.6. The van der Waals surface area contributed by atoms with E-state index in [-0.39, 0.29) is 28.2 Å². The summed E-state index contributed by atoms with van der Waals surface area (Å²) >= 11 is 0. The summed E-state index contributed by atoms with van der Waals surface area (Å²) in [5, 5.41) is 29.0. The summed E-state index contributed by atoms with van der Waals surface area (Å²) in [4.78, 5) is 33.5. The second-order valence-corrected chi connectivity index (χ2v) is 7.36. The van der Waals surface area contributed by atoms with E-state index < -0.39 is 10.8 Å². The van der Waals surface area contributed by atoms with Gasteiger partial charge in [0.15, 0.2) is 5.69 Å². The number of amides is 1. The van der Waals surface area contributed by atoms with Crippen molar-refractivity contribution in [1.82, 2.24) is 15.0 Å². The zero-order chi connectivity index (χ0) is 23.8. The van der Waals surface area contributed by atoms with Crippen molar-refractivity contribution in [1.29, 1.82) is 0 Å². The van der Waals surface area contributed by atoms with Gasteiger partial charge in [-0.2, -0.15) is 0 Å². The quantitative estimate of drug-likeness (QED) is 0.186. The number of carbonyl (C=O) groups is 1. The molecule has 3 N–H and O–H groups in total. The summed E-state index contributed by atoms with van der Waals surface area (Å²) in [5.74, 6) is 0.366. The number of fused-ring (bicyclic) bond motifs is 2. The molecule has 0 aliphatic carbocycles. The fourth-order valence-electron chi connectivity index (χ4n) is 3.55. The van der Waals surface area contributed by atoms with Crippen molar-refractivity contribution in [3.8, 4) is 23.0 Å². The van der Waals surface area contributed by atoms with Gasteiger partial charge in [0.05, 0.1) is 28.6 Å². The van der Waals surface area contributed by atoms with E-state index in [2.05, 4.69) is 25.2 Å². The number of hydrogen-bond acceptors (Lipinski definition) is 7. The number of aromatic amines is 2. The Labute approximate surface area is 190 Å². The van der Waals surface area contributed by atoms with Crippen LogP contribution in [0.15, 0.2) is 70.9 Å². The van der Waals surface area contributed by atoms with Gasteiger partial charge in [0.25, 0.3) is 11.6 Å². The monoisotopic (exact) mass is 456 g/mol. The fourth-order valence-corrected chi connectivity index (χ4v) is 3.55. The number of nitro benzene ring substituents is 1. The van der Waals surface area contributed by atoms with Crippen LogP contribution in [-0.2, 0) is 0 Å². The molecule has 0 radical (unpaired) electrons. The van der Waals surface area contributed by atoms with E-state index in [0.717, 1.165) is 11.3 Å². The molecule has 5 aromatic rings. The molecule has 0 saturated heterocycles. The number of aromatic nitrogens is 3. The number of methoxy groups -OCH3 is 1. The van der Waals surface area contributed by atoms with Crippen LogP contribution in [0.3, 0.4) is 0 Å². The predicted molar refractivity (Wildman–Crippen MR) is 124 cm³/mol. The average molecular weight is 456 g/mol. The Kier molecular flexibility index (Phi) is 4.98. The van der Waals surface area contributed by atoms with Crippen molar-refractivity contribution in [3.05, 3.63) is 76.3 Å². The lowest BCUT2D eigenvalue weighted by atomic mass is 10.2. The smallest absolute Gasteiger partial charge is 0.295 e. The van der Waals surface area contributed by atoms with Crippen LogP contribution in [0.4, 0.5) is 11.4 Å². The van der Waals surface area contributed by atoms with Crippen molar-refractivity contribution in [2.24, 2.45) is 10.2 Å². The number of azo groups is 1. The van der Waals surface area contributed by atoms with E-state index in [1.54, 1.807) is 25.3 Å². The van der Waals surface area contributed by atoms with Crippen molar-refractivity contribution >= 4 is 39.2 Å². The largest absolute Gasteiger partial charge is 0.497 e. The maximum atomic E-state index is 12.6. The highest BCUT2D eigenvalue weighted by molar-refractivity contribution is 5.99. The predicted octanol–water partition coefficient (Wildman–Crippen LogP) is 5.26. The van der Waals surface area contributed by atoms with Gasteiger partial charge in [-0.05, 0) is 48.5 Å². The topological polar surface area (TPSA) is 159 Å². The Morgan fingerprint density at radius 1 is 1.06 bits per heavy atom. The Balaban J connectivity index is 1.44. The highest BCUT2D eigenvalue weighted by Gasteiger charge is 2.16. The fraction of sp³-hybridized carbons (Fsp3) is 0.0435. The Hall–Kier alpha value is -5.06. The van der Waals surface area contributed by atoms with Gasteiger partial charge in [-0.25, -0.2) is 4.98 Å². The molecule has 11 nitrogen and oxygen atoms in total. The lowest BCUT2D eigenvalue weighted by molar-refractivity contribution is -0.384. The molecular weight excluding hydrogens is 440 g/mol. The molecule has 5 rings (SSSR count). The molecule has 1 amide bonds. The van der Waals surface area contributed by atoms with Crippen LogP contribution < -0.4 is 4.74 Å². The van der Waals surface area contributed by atoms with Gasteiger partial charge in [-0.3, -0.25) is 14.9 Å². The van der Waals surface area contributed by atoms with Gasteiger partial charge in [0, 0.05) is 28.6 Å².